The van der Waals surface area contributed by atoms with Crippen LogP contribution in [0.15, 0.2) is 18.2 Å². The molecule has 0 radical (unpaired) electrons. The molecular weight excluding hydrogens is 309 g/mol. The average molecular weight is 322 g/mol. The van der Waals surface area contributed by atoms with Crippen LogP contribution in [-0.4, -0.2) is 41.9 Å². The van der Waals surface area contributed by atoms with E-state index in [0.717, 1.165) is 19.2 Å². The van der Waals surface area contributed by atoms with E-state index in [1.54, 1.807) is 0 Å². The Hall–Kier alpha value is -2.36. The van der Waals surface area contributed by atoms with E-state index in [9.17, 15) is 28.1 Å². The Kier molecular flexibility index (Phi) is 5.69. The number of alkyl halides is 3. The Balaban J connectivity index is 2.86. The van der Waals surface area contributed by atoms with Crippen molar-refractivity contribution in [3.63, 3.8) is 0 Å². The molecule has 0 amide bonds. The van der Waals surface area contributed by atoms with Gasteiger partial charge in [0, 0.05) is 24.4 Å². The molecule has 0 spiro atoms. The van der Waals surface area contributed by atoms with Gasteiger partial charge in [-0.3, -0.25) is 10.1 Å². The third kappa shape index (κ3) is 4.58. The predicted molar refractivity (Wildman–Crippen MR) is 69.6 cm³/mol. The fraction of sp³-hybridized carbons (Fsp3) is 0.417. The van der Waals surface area contributed by atoms with Crippen molar-refractivity contribution >= 4 is 17.3 Å². The number of nitro benzene ring substituents is 1. The number of methoxy groups -OCH3 is 1. The molecule has 0 heterocycles. The van der Waals surface area contributed by atoms with Gasteiger partial charge in [0.1, 0.15) is 0 Å². The van der Waals surface area contributed by atoms with E-state index in [-0.39, 0.29) is 23.5 Å². The Morgan fingerprint density at radius 2 is 2.14 bits per heavy atom. The molecule has 1 rings (SSSR count). The molecule has 2 N–H and O–H groups in total. The standard InChI is InChI=1S/C12H13F3N2O5/c1-22-11(19)8-6-7(17(20)21)2-3-9(8)16-5-4-10(18)12(13,14)15/h2-3,6,10,16,18H,4-5H2,1H3/t10-/m1/s1. The second kappa shape index (κ2) is 7.07. The second-order valence-electron chi connectivity index (χ2n) is 4.25. The van der Waals surface area contributed by atoms with Crippen molar-refractivity contribution in [1.29, 1.82) is 0 Å². The van der Waals surface area contributed by atoms with Gasteiger partial charge in [0.05, 0.1) is 17.6 Å². The molecule has 1 atom stereocenters. The quantitative estimate of drug-likeness (QED) is 0.472. The Labute approximate surface area is 122 Å². The predicted octanol–water partition coefficient (Wildman–Crippen LogP) is 2.11. The van der Waals surface area contributed by atoms with E-state index < -0.39 is 29.6 Å². The number of ether oxygens (including phenoxy) is 1. The first-order valence-electron chi connectivity index (χ1n) is 6.02. The van der Waals surface area contributed by atoms with Crippen molar-refractivity contribution in [3.8, 4) is 0 Å². The number of esters is 1. The molecule has 0 aliphatic carbocycles. The monoisotopic (exact) mass is 322 g/mol. The highest BCUT2D eigenvalue weighted by molar-refractivity contribution is 5.96. The highest BCUT2D eigenvalue weighted by atomic mass is 19.4. The van der Waals surface area contributed by atoms with E-state index in [2.05, 4.69) is 10.1 Å². The van der Waals surface area contributed by atoms with Crippen LogP contribution in [-0.2, 0) is 4.74 Å². The summed E-state index contributed by atoms with van der Waals surface area (Å²) in [5.41, 5.74) is -0.466. The number of non-ortho nitro benzene ring substituents is 1. The molecule has 1 aromatic rings. The highest BCUT2D eigenvalue weighted by Gasteiger charge is 2.37. The summed E-state index contributed by atoms with van der Waals surface area (Å²) in [5, 5.41) is 22.0. The summed E-state index contributed by atoms with van der Waals surface area (Å²) >= 11 is 0. The van der Waals surface area contributed by atoms with Crippen LogP contribution in [0.3, 0.4) is 0 Å². The molecule has 10 heteroatoms. The number of nitrogens with zero attached hydrogens (tertiary/aromatic N) is 1. The van der Waals surface area contributed by atoms with Crippen molar-refractivity contribution in [2.75, 3.05) is 19.0 Å². The molecule has 1 aromatic carbocycles. The van der Waals surface area contributed by atoms with Gasteiger partial charge in [-0.15, -0.1) is 0 Å². The third-order valence-corrected chi connectivity index (χ3v) is 2.73. The summed E-state index contributed by atoms with van der Waals surface area (Å²) in [6, 6.07) is 3.23. The molecule has 0 fully saturated rings. The number of carbonyl (C=O) groups is 1. The zero-order valence-electron chi connectivity index (χ0n) is 11.4. The number of rotatable bonds is 6. The maximum Gasteiger partial charge on any atom is 0.414 e. The number of anilines is 1. The van der Waals surface area contributed by atoms with Gasteiger partial charge in [-0.05, 0) is 12.5 Å². The third-order valence-electron chi connectivity index (χ3n) is 2.73. The van der Waals surface area contributed by atoms with Crippen LogP contribution >= 0.6 is 0 Å². The number of nitro groups is 1. The smallest absolute Gasteiger partial charge is 0.414 e. The van der Waals surface area contributed by atoms with E-state index in [1.165, 1.54) is 6.07 Å². The van der Waals surface area contributed by atoms with Gasteiger partial charge >= 0.3 is 12.1 Å². The lowest BCUT2D eigenvalue weighted by Crippen LogP contribution is -2.30. The van der Waals surface area contributed by atoms with E-state index in [0.29, 0.717) is 0 Å². The van der Waals surface area contributed by atoms with Gasteiger partial charge in [-0.2, -0.15) is 13.2 Å². The van der Waals surface area contributed by atoms with Crippen molar-refractivity contribution in [3.05, 3.63) is 33.9 Å². The minimum Gasteiger partial charge on any atom is -0.465 e. The molecule has 0 aliphatic heterocycles. The van der Waals surface area contributed by atoms with Gasteiger partial charge in [0.2, 0.25) is 0 Å². The van der Waals surface area contributed by atoms with Crippen LogP contribution in [0.5, 0.6) is 0 Å². The van der Waals surface area contributed by atoms with Gasteiger partial charge in [0.25, 0.3) is 5.69 Å². The SMILES string of the molecule is COC(=O)c1cc([N+](=O)[O-])ccc1NCC[C@@H](O)C(F)(F)F. The van der Waals surface area contributed by atoms with Crippen LogP contribution in [0.4, 0.5) is 24.5 Å². The van der Waals surface area contributed by atoms with Crippen LogP contribution in [0, 0.1) is 10.1 Å². The average Bonchev–Trinajstić information content (AvgIpc) is 2.45. The fourth-order valence-corrected chi connectivity index (χ4v) is 1.59. The van der Waals surface area contributed by atoms with E-state index in [1.807, 2.05) is 0 Å². The van der Waals surface area contributed by atoms with Crippen molar-refractivity contribution < 1.29 is 32.7 Å². The zero-order valence-corrected chi connectivity index (χ0v) is 11.4. The number of benzene rings is 1. The van der Waals surface area contributed by atoms with Gasteiger partial charge in [-0.1, -0.05) is 0 Å². The topological polar surface area (TPSA) is 102 Å². The number of halogens is 3. The minimum absolute atomic E-state index is 0.0758. The van der Waals surface area contributed by atoms with E-state index in [4.69, 9.17) is 5.11 Å². The molecule has 0 saturated carbocycles. The van der Waals surface area contributed by atoms with Gasteiger partial charge < -0.3 is 15.2 Å². The number of aliphatic hydroxyl groups is 1. The molecule has 0 saturated heterocycles. The summed E-state index contributed by atoms with van der Waals surface area (Å²) in [6.07, 6.45) is -7.87. The van der Waals surface area contributed by atoms with Crippen LogP contribution in [0.2, 0.25) is 0 Å². The summed E-state index contributed by atoms with van der Waals surface area (Å²) < 4.78 is 40.9. The summed E-state index contributed by atoms with van der Waals surface area (Å²) in [4.78, 5) is 21.5. The number of carbonyl (C=O) groups excluding carboxylic acids is 1. The number of nitrogens with one attached hydrogen (secondary N) is 1. The molecule has 0 bridgehead atoms. The van der Waals surface area contributed by atoms with Crippen LogP contribution in [0.1, 0.15) is 16.8 Å². The number of hydrogen-bond donors (Lipinski definition) is 2. The van der Waals surface area contributed by atoms with Crippen LogP contribution < -0.4 is 5.32 Å². The summed E-state index contributed by atoms with van der Waals surface area (Å²) in [7, 11) is 1.07. The Bertz CT molecular complexity index is 562. The first-order valence-corrected chi connectivity index (χ1v) is 6.02. The minimum atomic E-state index is -4.73. The largest absolute Gasteiger partial charge is 0.465 e. The molecule has 22 heavy (non-hydrogen) atoms. The molecule has 0 aromatic heterocycles. The first-order chi connectivity index (χ1) is 10.2. The first kappa shape index (κ1) is 17.7. The number of aliphatic hydroxyl groups excluding tert-OH is 1. The lowest BCUT2D eigenvalue weighted by molar-refractivity contribution is -0.384. The summed E-state index contributed by atoms with van der Waals surface area (Å²) in [6.45, 7) is -0.289. The molecular formula is C12H13F3N2O5. The van der Waals surface area contributed by atoms with Gasteiger partial charge in [0.15, 0.2) is 6.10 Å². The lowest BCUT2D eigenvalue weighted by atomic mass is 10.1. The van der Waals surface area contributed by atoms with Crippen LogP contribution in [0.25, 0.3) is 0 Å². The molecule has 7 nitrogen and oxygen atoms in total. The molecule has 122 valence electrons. The lowest BCUT2D eigenvalue weighted by Gasteiger charge is -2.16. The highest BCUT2D eigenvalue weighted by Crippen LogP contribution is 2.25. The van der Waals surface area contributed by atoms with Crippen molar-refractivity contribution in [2.45, 2.75) is 18.7 Å². The Morgan fingerprint density at radius 1 is 1.50 bits per heavy atom. The Morgan fingerprint density at radius 3 is 2.64 bits per heavy atom. The second-order valence-corrected chi connectivity index (χ2v) is 4.25. The summed E-state index contributed by atoms with van der Waals surface area (Å²) in [5.74, 6) is -0.873. The zero-order chi connectivity index (χ0) is 16.9. The maximum absolute atomic E-state index is 12.2. The molecule has 0 aliphatic rings. The fourth-order valence-electron chi connectivity index (χ4n) is 1.59. The number of hydrogen-bond acceptors (Lipinski definition) is 6. The van der Waals surface area contributed by atoms with E-state index >= 15 is 0 Å². The molecule has 0 unspecified atom stereocenters. The maximum atomic E-state index is 12.2. The normalized spacial score (nSPS) is 12.6. The van der Waals surface area contributed by atoms with Crippen molar-refractivity contribution in [2.24, 2.45) is 0 Å². The van der Waals surface area contributed by atoms with Crippen molar-refractivity contribution in [1.82, 2.24) is 0 Å². The van der Waals surface area contributed by atoms with Gasteiger partial charge in [-0.25, -0.2) is 4.79 Å².